The lowest BCUT2D eigenvalue weighted by Crippen LogP contribution is -2.25. The lowest BCUT2D eigenvalue weighted by molar-refractivity contribution is -0.394. The quantitative estimate of drug-likeness (QED) is 0.327. The molecule has 12 heteroatoms. The topological polar surface area (TPSA) is 154 Å². The monoisotopic (exact) mass is 414 g/mol. The fraction of sp³-hybridized carbons (Fsp3) is 0.111. The predicted molar refractivity (Wildman–Crippen MR) is 102 cm³/mol. The van der Waals surface area contributed by atoms with Crippen molar-refractivity contribution < 1.29 is 28.9 Å². The predicted octanol–water partition coefficient (Wildman–Crippen LogP) is 2.83. The number of hydrogen-bond donors (Lipinski definition) is 1. The molecule has 30 heavy (non-hydrogen) atoms. The van der Waals surface area contributed by atoms with Gasteiger partial charge in [0.25, 0.3) is 11.6 Å². The number of ether oxygens (including phenoxy) is 2. The SMILES string of the molecule is COc1cc(/C=C2/NC(=O)N(C)C2=O)ccc1Oc1ccc([N+](=O)[O-])cc1[N+](=O)[O-]. The second kappa shape index (κ2) is 7.87. The molecule has 0 radical (unpaired) electrons. The number of nitro benzene ring substituents is 2. The van der Waals surface area contributed by atoms with E-state index in [4.69, 9.17) is 9.47 Å². The molecule has 3 amide bonds. The van der Waals surface area contributed by atoms with Crippen molar-refractivity contribution in [1.82, 2.24) is 10.2 Å². The maximum absolute atomic E-state index is 12.0. The van der Waals surface area contributed by atoms with Gasteiger partial charge < -0.3 is 14.8 Å². The van der Waals surface area contributed by atoms with Crippen molar-refractivity contribution in [3.05, 3.63) is 67.9 Å². The Morgan fingerprint density at radius 2 is 1.70 bits per heavy atom. The number of non-ortho nitro benzene ring substituents is 1. The fourth-order valence-electron chi connectivity index (χ4n) is 2.61. The molecule has 0 unspecified atom stereocenters. The van der Waals surface area contributed by atoms with Crippen molar-refractivity contribution in [3.8, 4) is 17.2 Å². The zero-order chi connectivity index (χ0) is 22.0. The minimum atomic E-state index is -0.793. The summed E-state index contributed by atoms with van der Waals surface area (Å²) in [5.41, 5.74) is -0.462. The first kappa shape index (κ1) is 20.3. The molecule has 1 saturated heterocycles. The standard InChI is InChI=1S/C18H14N4O8/c1-20-17(23)12(19-18(20)24)7-10-3-5-15(16(8-10)29-2)30-14-6-4-11(21(25)26)9-13(14)22(27)28/h3-9H,1-2H3,(H,19,24)/b12-7+. The van der Waals surface area contributed by atoms with Crippen LogP contribution in [0.15, 0.2) is 42.1 Å². The summed E-state index contributed by atoms with van der Waals surface area (Å²) in [5, 5.41) is 24.5. The Morgan fingerprint density at radius 3 is 2.27 bits per heavy atom. The summed E-state index contributed by atoms with van der Waals surface area (Å²) in [6, 6.07) is 6.93. The minimum absolute atomic E-state index is 0.0734. The van der Waals surface area contributed by atoms with Crippen LogP contribution in [-0.4, -0.2) is 40.8 Å². The van der Waals surface area contributed by atoms with Gasteiger partial charge in [-0.1, -0.05) is 6.07 Å². The molecule has 0 atom stereocenters. The van der Waals surface area contributed by atoms with Crippen LogP contribution in [0.5, 0.6) is 17.2 Å². The maximum atomic E-state index is 12.0. The molecule has 1 N–H and O–H groups in total. The van der Waals surface area contributed by atoms with Crippen molar-refractivity contribution >= 4 is 29.4 Å². The molecule has 1 fully saturated rings. The van der Waals surface area contributed by atoms with E-state index in [1.54, 1.807) is 6.07 Å². The summed E-state index contributed by atoms with van der Waals surface area (Å²) < 4.78 is 10.8. The highest BCUT2D eigenvalue weighted by Crippen LogP contribution is 2.38. The van der Waals surface area contributed by atoms with Gasteiger partial charge in [0.1, 0.15) is 5.70 Å². The van der Waals surface area contributed by atoms with Gasteiger partial charge >= 0.3 is 11.7 Å². The molecule has 2 aromatic carbocycles. The highest BCUT2D eigenvalue weighted by molar-refractivity contribution is 6.13. The van der Waals surface area contributed by atoms with Crippen LogP contribution in [-0.2, 0) is 4.79 Å². The Hall–Kier alpha value is -4.48. The first-order valence-electron chi connectivity index (χ1n) is 8.30. The highest BCUT2D eigenvalue weighted by Gasteiger charge is 2.30. The van der Waals surface area contributed by atoms with Crippen molar-refractivity contribution in [2.45, 2.75) is 0 Å². The summed E-state index contributed by atoms with van der Waals surface area (Å²) in [6.45, 7) is 0. The average molecular weight is 414 g/mol. The maximum Gasteiger partial charge on any atom is 0.328 e. The first-order valence-corrected chi connectivity index (χ1v) is 8.30. The van der Waals surface area contributed by atoms with Gasteiger partial charge in [0.05, 0.1) is 23.0 Å². The van der Waals surface area contributed by atoms with Gasteiger partial charge in [-0.25, -0.2) is 4.79 Å². The molecule has 12 nitrogen and oxygen atoms in total. The molecule has 2 aromatic rings. The molecule has 1 heterocycles. The molecule has 0 saturated carbocycles. The largest absolute Gasteiger partial charge is 0.493 e. The van der Waals surface area contributed by atoms with Gasteiger partial charge in [-0.2, -0.15) is 0 Å². The molecule has 0 aliphatic carbocycles. The van der Waals surface area contributed by atoms with E-state index in [0.717, 1.165) is 23.1 Å². The number of nitro groups is 2. The van der Waals surface area contributed by atoms with E-state index in [9.17, 15) is 29.8 Å². The number of urea groups is 1. The zero-order valence-electron chi connectivity index (χ0n) is 15.6. The number of rotatable bonds is 6. The highest BCUT2D eigenvalue weighted by atomic mass is 16.6. The van der Waals surface area contributed by atoms with Crippen LogP contribution in [0.3, 0.4) is 0 Å². The molecule has 0 spiro atoms. The van der Waals surface area contributed by atoms with E-state index >= 15 is 0 Å². The van der Waals surface area contributed by atoms with Crippen LogP contribution < -0.4 is 14.8 Å². The number of nitrogens with one attached hydrogen (secondary N) is 1. The number of nitrogens with zero attached hydrogens (tertiary/aromatic N) is 3. The number of amides is 3. The third-order valence-corrected chi connectivity index (χ3v) is 4.15. The fourth-order valence-corrected chi connectivity index (χ4v) is 2.61. The summed E-state index contributed by atoms with van der Waals surface area (Å²) >= 11 is 0. The van der Waals surface area contributed by atoms with Crippen molar-refractivity contribution in [3.63, 3.8) is 0 Å². The van der Waals surface area contributed by atoms with Gasteiger partial charge in [-0.15, -0.1) is 0 Å². The molecule has 154 valence electrons. The molecular formula is C18H14N4O8. The number of likely N-dealkylation sites (N-methyl/N-ethyl adjacent to an activating group) is 1. The Labute approximate surface area is 168 Å². The van der Waals surface area contributed by atoms with Gasteiger partial charge in [0.2, 0.25) is 5.75 Å². The second-order valence-electron chi connectivity index (χ2n) is 6.03. The van der Waals surface area contributed by atoms with E-state index in [0.29, 0.717) is 5.56 Å². The van der Waals surface area contributed by atoms with Gasteiger partial charge in [0, 0.05) is 13.1 Å². The molecule has 1 aliphatic rings. The van der Waals surface area contributed by atoms with Crippen LogP contribution in [0.1, 0.15) is 5.56 Å². The van der Waals surface area contributed by atoms with Crippen LogP contribution in [0, 0.1) is 20.2 Å². The smallest absolute Gasteiger partial charge is 0.328 e. The van der Waals surface area contributed by atoms with Crippen LogP contribution in [0.25, 0.3) is 6.08 Å². The van der Waals surface area contributed by atoms with Crippen LogP contribution in [0.2, 0.25) is 0 Å². The van der Waals surface area contributed by atoms with E-state index in [1.165, 1.54) is 32.4 Å². The van der Waals surface area contributed by atoms with E-state index in [1.807, 2.05) is 0 Å². The van der Waals surface area contributed by atoms with Gasteiger partial charge in [0.15, 0.2) is 11.5 Å². The third kappa shape index (κ3) is 3.87. The van der Waals surface area contributed by atoms with Crippen LogP contribution in [0.4, 0.5) is 16.2 Å². The first-order chi connectivity index (χ1) is 14.2. The molecule has 0 aromatic heterocycles. The Morgan fingerprint density at radius 1 is 1.00 bits per heavy atom. The summed E-state index contributed by atoms with van der Waals surface area (Å²) in [5.74, 6) is -0.423. The summed E-state index contributed by atoms with van der Waals surface area (Å²) in [7, 11) is 2.69. The summed E-state index contributed by atoms with van der Waals surface area (Å²) in [6.07, 6.45) is 1.43. The number of methoxy groups -OCH3 is 1. The number of carbonyl (C=O) groups is 2. The number of imide groups is 1. The van der Waals surface area contributed by atoms with Crippen LogP contribution >= 0.6 is 0 Å². The third-order valence-electron chi connectivity index (χ3n) is 4.15. The lowest BCUT2D eigenvalue weighted by Gasteiger charge is -2.11. The summed E-state index contributed by atoms with van der Waals surface area (Å²) in [4.78, 5) is 45.0. The molecule has 0 bridgehead atoms. The average Bonchev–Trinajstić information content (AvgIpc) is 2.95. The van der Waals surface area contributed by atoms with Gasteiger partial charge in [-0.05, 0) is 29.8 Å². The van der Waals surface area contributed by atoms with Crippen molar-refractivity contribution in [2.75, 3.05) is 14.2 Å². The van der Waals surface area contributed by atoms with Gasteiger partial charge in [-0.3, -0.25) is 29.9 Å². The number of carbonyl (C=O) groups excluding carboxylic acids is 2. The Kier molecular flexibility index (Phi) is 5.31. The number of benzene rings is 2. The minimum Gasteiger partial charge on any atom is -0.493 e. The lowest BCUT2D eigenvalue weighted by atomic mass is 10.1. The van der Waals surface area contributed by atoms with E-state index < -0.39 is 33.2 Å². The van der Waals surface area contributed by atoms with E-state index in [2.05, 4.69) is 5.32 Å². The zero-order valence-corrected chi connectivity index (χ0v) is 15.6. The normalized spacial score (nSPS) is 14.6. The Bertz CT molecular complexity index is 1110. The van der Waals surface area contributed by atoms with Crippen molar-refractivity contribution in [2.24, 2.45) is 0 Å². The molecule has 1 aliphatic heterocycles. The number of hydrogen-bond acceptors (Lipinski definition) is 8. The molecular weight excluding hydrogens is 400 g/mol. The second-order valence-corrected chi connectivity index (χ2v) is 6.03. The Balaban J connectivity index is 1.93. The van der Waals surface area contributed by atoms with E-state index in [-0.39, 0.29) is 22.9 Å². The van der Waals surface area contributed by atoms with Crippen molar-refractivity contribution in [1.29, 1.82) is 0 Å². The molecule has 3 rings (SSSR count).